The van der Waals surface area contributed by atoms with Crippen LogP contribution >= 0.6 is 0 Å². The molecule has 0 spiro atoms. The highest BCUT2D eigenvalue weighted by molar-refractivity contribution is 5.38. The molecule has 0 bridgehead atoms. The number of imidazole rings is 1. The van der Waals surface area contributed by atoms with E-state index < -0.39 is 6.04 Å². The molecule has 0 N–H and O–H groups in total. The quantitative estimate of drug-likeness (QED) is 0.629. The smallest absolute Gasteiger partial charge is 0.135 e. The van der Waals surface area contributed by atoms with Gasteiger partial charge < -0.3 is 4.57 Å². The molecular formula is C16H15N3O. The molecule has 1 heterocycles. The molecule has 20 heavy (non-hydrogen) atoms. The Labute approximate surface area is 117 Å². The van der Waals surface area contributed by atoms with Crippen molar-refractivity contribution in [1.82, 2.24) is 9.55 Å². The van der Waals surface area contributed by atoms with Crippen molar-refractivity contribution in [3.05, 3.63) is 59.0 Å². The van der Waals surface area contributed by atoms with Gasteiger partial charge in [-0.2, -0.15) is 4.91 Å². The third-order valence-electron chi connectivity index (χ3n) is 3.36. The fourth-order valence-electron chi connectivity index (χ4n) is 2.00. The van der Waals surface area contributed by atoms with Gasteiger partial charge in [0.1, 0.15) is 6.04 Å². The molecule has 1 unspecified atom stereocenters. The Bertz CT molecular complexity index is 631. The molecule has 4 nitrogen and oxygen atoms in total. The first kappa shape index (κ1) is 12.6. The SMILES string of the molecule is O=NC(Cn1ccnc1)c1ccc(C#CC2CC2)cc1. The lowest BCUT2D eigenvalue weighted by atomic mass is 10.1. The minimum Gasteiger partial charge on any atom is -0.335 e. The molecule has 1 aromatic heterocycles. The Morgan fingerprint density at radius 1 is 1.35 bits per heavy atom. The maximum atomic E-state index is 11.0. The van der Waals surface area contributed by atoms with Gasteiger partial charge in [-0.1, -0.05) is 29.2 Å². The normalized spacial score (nSPS) is 15.2. The van der Waals surface area contributed by atoms with Crippen molar-refractivity contribution < 1.29 is 0 Å². The second kappa shape index (κ2) is 5.70. The Kier molecular flexibility index (Phi) is 3.60. The molecule has 1 saturated carbocycles. The molecular weight excluding hydrogens is 250 g/mol. The Morgan fingerprint density at radius 2 is 2.15 bits per heavy atom. The first-order valence-electron chi connectivity index (χ1n) is 6.75. The number of hydrogen-bond acceptors (Lipinski definition) is 3. The average molecular weight is 265 g/mol. The lowest BCUT2D eigenvalue weighted by Crippen LogP contribution is -2.05. The standard InChI is InChI=1S/C16H15N3O/c20-18-16(11-19-10-9-17-12-19)15-7-5-14(6-8-15)4-3-13-1-2-13/h5-10,12-13,16H,1-2,11H2. The molecule has 1 fully saturated rings. The van der Waals surface area contributed by atoms with Crippen molar-refractivity contribution in [2.45, 2.75) is 25.4 Å². The molecule has 100 valence electrons. The number of nitrogens with zero attached hydrogens (tertiary/aromatic N) is 3. The largest absolute Gasteiger partial charge is 0.335 e. The van der Waals surface area contributed by atoms with E-state index in [4.69, 9.17) is 0 Å². The molecule has 4 heteroatoms. The predicted molar refractivity (Wildman–Crippen MR) is 76.8 cm³/mol. The van der Waals surface area contributed by atoms with E-state index in [9.17, 15) is 4.91 Å². The van der Waals surface area contributed by atoms with Crippen molar-refractivity contribution in [3.63, 3.8) is 0 Å². The summed E-state index contributed by atoms with van der Waals surface area (Å²) in [6, 6.07) is 7.38. The van der Waals surface area contributed by atoms with Crippen LogP contribution in [0.15, 0.2) is 48.2 Å². The van der Waals surface area contributed by atoms with Gasteiger partial charge in [0.05, 0.1) is 12.9 Å². The van der Waals surface area contributed by atoms with E-state index in [2.05, 4.69) is 22.0 Å². The molecule has 3 rings (SSSR count). The van der Waals surface area contributed by atoms with Crippen LogP contribution in [0.1, 0.15) is 30.0 Å². The van der Waals surface area contributed by atoms with E-state index in [1.807, 2.05) is 35.0 Å². The van der Waals surface area contributed by atoms with Crippen LogP contribution in [0.3, 0.4) is 0 Å². The first-order chi connectivity index (χ1) is 9.85. The molecule has 0 amide bonds. The highest BCUT2D eigenvalue weighted by atomic mass is 16.3. The van der Waals surface area contributed by atoms with Gasteiger partial charge in [0.25, 0.3) is 0 Å². The van der Waals surface area contributed by atoms with Gasteiger partial charge in [0, 0.05) is 23.9 Å². The zero-order valence-electron chi connectivity index (χ0n) is 11.1. The monoisotopic (exact) mass is 265 g/mol. The van der Waals surface area contributed by atoms with E-state index in [-0.39, 0.29) is 0 Å². The average Bonchev–Trinajstić information content (AvgIpc) is 3.18. The summed E-state index contributed by atoms with van der Waals surface area (Å²) in [7, 11) is 0. The summed E-state index contributed by atoms with van der Waals surface area (Å²) in [5, 5.41) is 3.21. The van der Waals surface area contributed by atoms with Crippen LogP contribution in [0.2, 0.25) is 0 Å². The van der Waals surface area contributed by atoms with Crippen molar-refractivity contribution >= 4 is 0 Å². The van der Waals surface area contributed by atoms with Gasteiger partial charge in [-0.25, -0.2) is 4.98 Å². The van der Waals surface area contributed by atoms with Crippen LogP contribution in [0, 0.1) is 22.7 Å². The third kappa shape index (κ3) is 3.12. The van der Waals surface area contributed by atoms with Crippen LogP contribution < -0.4 is 0 Å². The second-order valence-electron chi connectivity index (χ2n) is 5.05. The van der Waals surface area contributed by atoms with E-state index in [1.54, 1.807) is 12.5 Å². The van der Waals surface area contributed by atoms with Gasteiger partial charge in [0.2, 0.25) is 0 Å². The summed E-state index contributed by atoms with van der Waals surface area (Å²) in [5.74, 6) is 6.98. The molecule has 0 aliphatic heterocycles. The molecule has 1 aliphatic rings. The van der Waals surface area contributed by atoms with E-state index >= 15 is 0 Å². The molecule has 0 radical (unpaired) electrons. The fourth-order valence-corrected chi connectivity index (χ4v) is 2.00. The van der Waals surface area contributed by atoms with Crippen LogP contribution in [-0.2, 0) is 6.54 Å². The van der Waals surface area contributed by atoms with Gasteiger partial charge >= 0.3 is 0 Å². The highest BCUT2D eigenvalue weighted by Gasteiger charge is 2.17. The number of nitroso groups, excluding NO2 is 1. The summed E-state index contributed by atoms with van der Waals surface area (Å²) >= 11 is 0. The Balaban J connectivity index is 1.71. The number of rotatable bonds is 4. The topological polar surface area (TPSA) is 47.2 Å². The lowest BCUT2D eigenvalue weighted by molar-refractivity contribution is 0.575. The van der Waals surface area contributed by atoms with Crippen molar-refractivity contribution in [3.8, 4) is 11.8 Å². The van der Waals surface area contributed by atoms with Gasteiger partial charge in [-0.15, -0.1) is 0 Å². The summed E-state index contributed by atoms with van der Waals surface area (Å²) in [6.07, 6.45) is 7.67. The Hall–Kier alpha value is -2.41. The molecule has 0 saturated heterocycles. The van der Waals surface area contributed by atoms with Crippen LogP contribution in [0.5, 0.6) is 0 Å². The number of hydrogen-bond donors (Lipinski definition) is 0. The van der Waals surface area contributed by atoms with Crippen molar-refractivity contribution in [2.75, 3.05) is 0 Å². The van der Waals surface area contributed by atoms with Crippen LogP contribution in [-0.4, -0.2) is 9.55 Å². The fraction of sp³-hybridized carbons (Fsp3) is 0.312. The van der Waals surface area contributed by atoms with Crippen LogP contribution in [0.25, 0.3) is 0 Å². The maximum Gasteiger partial charge on any atom is 0.135 e. The van der Waals surface area contributed by atoms with E-state index in [0.717, 1.165) is 11.1 Å². The predicted octanol–water partition coefficient (Wildman–Crippen LogP) is 3.15. The zero-order valence-corrected chi connectivity index (χ0v) is 11.1. The summed E-state index contributed by atoms with van der Waals surface area (Å²) in [4.78, 5) is 15.0. The molecule has 1 aromatic carbocycles. The second-order valence-corrected chi connectivity index (χ2v) is 5.05. The Morgan fingerprint density at radius 3 is 2.75 bits per heavy atom. The molecule has 2 aromatic rings. The van der Waals surface area contributed by atoms with E-state index in [0.29, 0.717) is 12.5 Å². The highest BCUT2D eigenvalue weighted by Crippen LogP contribution is 2.27. The van der Waals surface area contributed by atoms with Crippen LogP contribution in [0.4, 0.5) is 0 Å². The minimum absolute atomic E-state index is 0.394. The molecule has 1 atom stereocenters. The molecule has 1 aliphatic carbocycles. The minimum atomic E-state index is -0.394. The van der Waals surface area contributed by atoms with Crippen molar-refractivity contribution in [1.29, 1.82) is 0 Å². The van der Waals surface area contributed by atoms with E-state index in [1.165, 1.54) is 12.8 Å². The lowest BCUT2D eigenvalue weighted by Gasteiger charge is -2.10. The van der Waals surface area contributed by atoms with Gasteiger partial charge in [-0.05, 0) is 30.5 Å². The van der Waals surface area contributed by atoms with Gasteiger partial charge in [-0.3, -0.25) is 0 Å². The summed E-state index contributed by atoms with van der Waals surface area (Å²) in [6.45, 7) is 0.511. The van der Waals surface area contributed by atoms with Crippen molar-refractivity contribution in [2.24, 2.45) is 11.1 Å². The summed E-state index contributed by atoms with van der Waals surface area (Å²) < 4.78 is 1.85. The summed E-state index contributed by atoms with van der Waals surface area (Å²) in [5.41, 5.74) is 1.90. The number of aromatic nitrogens is 2. The first-order valence-corrected chi connectivity index (χ1v) is 6.75. The third-order valence-corrected chi connectivity index (χ3v) is 3.36. The van der Waals surface area contributed by atoms with Gasteiger partial charge in [0.15, 0.2) is 0 Å². The zero-order chi connectivity index (χ0) is 13.8. The maximum absolute atomic E-state index is 11.0. The number of benzene rings is 1.